The van der Waals surface area contributed by atoms with E-state index in [4.69, 9.17) is 9.47 Å². The molecule has 4 nitrogen and oxygen atoms in total. The Labute approximate surface area is 243 Å². The van der Waals surface area contributed by atoms with Gasteiger partial charge in [0.05, 0.1) is 30.0 Å². The molecule has 2 heterocycles. The molecule has 2 aromatic rings. The molecule has 0 bridgehead atoms. The van der Waals surface area contributed by atoms with E-state index in [9.17, 15) is 5.11 Å². The Bertz CT molecular complexity index is 1330. The number of aliphatic hydroxyl groups is 1. The first-order valence-electron chi connectivity index (χ1n) is 15.5. The highest BCUT2D eigenvalue weighted by Crippen LogP contribution is 2.65. The van der Waals surface area contributed by atoms with Crippen molar-refractivity contribution in [2.45, 2.75) is 96.9 Å². The molecule has 7 rings (SSSR count). The summed E-state index contributed by atoms with van der Waals surface area (Å²) in [6, 6.07) is 9.18. The van der Waals surface area contributed by atoms with Gasteiger partial charge in [0.25, 0.3) is 0 Å². The van der Waals surface area contributed by atoms with Gasteiger partial charge in [0.2, 0.25) is 0 Å². The molecule has 1 spiro atoms. The van der Waals surface area contributed by atoms with Gasteiger partial charge in [0.1, 0.15) is 0 Å². The van der Waals surface area contributed by atoms with Gasteiger partial charge >= 0.3 is 0 Å². The molecule has 4 aliphatic carbocycles. The van der Waals surface area contributed by atoms with Crippen molar-refractivity contribution in [3.05, 3.63) is 62.6 Å². The molecule has 1 aliphatic heterocycles. The molecule has 1 aromatic carbocycles. The third-order valence-electron chi connectivity index (χ3n) is 11.1. The van der Waals surface area contributed by atoms with E-state index in [1.807, 2.05) is 0 Å². The third kappa shape index (κ3) is 4.65. The first-order chi connectivity index (χ1) is 19.1. The van der Waals surface area contributed by atoms with E-state index in [0.717, 1.165) is 62.4 Å². The second kappa shape index (κ2) is 9.90. The van der Waals surface area contributed by atoms with Gasteiger partial charge in [0, 0.05) is 29.6 Å². The van der Waals surface area contributed by atoms with Gasteiger partial charge in [-0.15, -0.1) is 11.3 Å². The molecule has 6 atom stereocenters. The van der Waals surface area contributed by atoms with Crippen molar-refractivity contribution in [2.75, 3.05) is 13.2 Å². The molecule has 5 aliphatic rings. The van der Waals surface area contributed by atoms with Crippen LogP contribution in [0, 0.1) is 35.5 Å². The summed E-state index contributed by atoms with van der Waals surface area (Å²) < 4.78 is 13.0. The van der Waals surface area contributed by atoms with Crippen molar-refractivity contribution in [1.29, 1.82) is 0 Å². The molecule has 214 valence electrons. The summed E-state index contributed by atoms with van der Waals surface area (Å²) in [5.74, 6) is 1.71. The third-order valence-corrected chi connectivity index (χ3v) is 11.9. The molecule has 5 heteroatoms. The lowest BCUT2D eigenvalue weighted by Crippen LogP contribution is -2.52. The van der Waals surface area contributed by atoms with Crippen molar-refractivity contribution in [1.82, 2.24) is 4.98 Å². The van der Waals surface area contributed by atoms with Crippen LogP contribution in [0.1, 0.15) is 99.9 Å². The molecule has 1 N–H and O–H groups in total. The van der Waals surface area contributed by atoms with E-state index < -0.39 is 5.79 Å². The maximum absolute atomic E-state index is 11.3. The van der Waals surface area contributed by atoms with Crippen LogP contribution in [-0.4, -0.2) is 35.2 Å². The number of allylic oxidation sites excluding steroid dienone is 2. The lowest BCUT2D eigenvalue weighted by Gasteiger charge is -2.55. The molecular formula is C35H45NO3S. The van der Waals surface area contributed by atoms with Crippen molar-refractivity contribution in [3.8, 4) is 0 Å². The number of aliphatic hydroxyl groups excluding tert-OH is 1. The number of hydrogen-bond donors (Lipinski definition) is 1. The molecule has 0 amide bonds. The number of ether oxygens (including phenoxy) is 2. The van der Waals surface area contributed by atoms with Crippen LogP contribution in [0.5, 0.6) is 0 Å². The van der Waals surface area contributed by atoms with Crippen molar-refractivity contribution in [3.63, 3.8) is 0 Å². The summed E-state index contributed by atoms with van der Waals surface area (Å²) in [5.41, 5.74) is 7.21. The van der Waals surface area contributed by atoms with E-state index >= 15 is 0 Å². The summed E-state index contributed by atoms with van der Waals surface area (Å²) >= 11 is 1.69. The highest BCUT2D eigenvalue weighted by atomic mass is 32.1. The van der Waals surface area contributed by atoms with Gasteiger partial charge in [-0.05, 0) is 85.8 Å². The van der Waals surface area contributed by atoms with E-state index in [-0.39, 0.29) is 16.9 Å². The number of fused-ring (bicyclic) bond motifs is 4. The standard InChI is InChI=1S/C35H45NO3S/c1-22-36-26(19-40-22)10-8-23-6-5-7-24(16-23)29-18-34(4)30(12-13-31(34)37)28-11-9-25-17-35(15-14-27(25)32(28)29)38-20-33(2,3)21-39-35/h5-8,10,16,19,25,28-31,37H,9,11-15,17-18,20-21H2,1-4H3/b10-8+. The monoisotopic (exact) mass is 559 g/mol. The molecule has 6 unspecified atom stereocenters. The average molecular weight is 560 g/mol. The Morgan fingerprint density at radius 2 is 1.85 bits per heavy atom. The van der Waals surface area contributed by atoms with E-state index in [1.165, 1.54) is 24.0 Å². The summed E-state index contributed by atoms with van der Waals surface area (Å²) in [5, 5.41) is 14.5. The second-order valence-corrected chi connectivity index (χ2v) is 15.5. The van der Waals surface area contributed by atoms with Gasteiger partial charge in [-0.25, -0.2) is 4.98 Å². The number of rotatable bonds is 3. The van der Waals surface area contributed by atoms with Gasteiger partial charge in [-0.2, -0.15) is 0 Å². The van der Waals surface area contributed by atoms with Crippen LogP contribution in [0.15, 0.2) is 40.8 Å². The first kappa shape index (κ1) is 27.1. The summed E-state index contributed by atoms with van der Waals surface area (Å²) in [7, 11) is 0. The van der Waals surface area contributed by atoms with Crippen LogP contribution in [0.2, 0.25) is 0 Å². The van der Waals surface area contributed by atoms with Crippen LogP contribution in [-0.2, 0) is 9.47 Å². The smallest absolute Gasteiger partial charge is 0.169 e. The van der Waals surface area contributed by atoms with Gasteiger partial charge < -0.3 is 14.6 Å². The predicted molar refractivity (Wildman–Crippen MR) is 162 cm³/mol. The Kier molecular flexibility index (Phi) is 6.70. The Morgan fingerprint density at radius 3 is 2.62 bits per heavy atom. The van der Waals surface area contributed by atoms with Crippen LogP contribution >= 0.6 is 11.3 Å². The van der Waals surface area contributed by atoms with E-state index in [2.05, 4.69) is 74.5 Å². The van der Waals surface area contributed by atoms with Crippen molar-refractivity contribution in [2.24, 2.45) is 28.6 Å². The maximum Gasteiger partial charge on any atom is 0.169 e. The molecule has 0 radical (unpaired) electrons. The van der Waals surface area contributed by atoms with Crippen molar-refractivity contribution < 1.29 is 14.6 Å². The SMILES string of the molecule is Cc1nc(/C=C/c2cccc(C3CC4(C)C(O)CCC4C4CCC5CC6(CCC5=C34)OCC(C)(C)CO6)c2)cs1. The Morgan fingerprint density at radius 1 is 1.02 bits per heavy atom. The fraction of sp³-hybridized carbons (Fsp3) is 0.629. The predicted octanol–water partition coefficient (Wildman–Crippen LogP) is 8.16. The average Bonchev–Trinajstić information content (AvgIpc) is 3.50. The molecule has 4 fully saturated rings. The number of nitrogens with zero attached hydrogens (tertiary/aromatic N) is 1. The molecule has 1 aromatic heterocycles. The highest BCUT2D eigenvalue weighted by Gasteiger charge is 2.57. The number of aromatic nitrogens is 1. The minimum Gasteiger partial charge on any atom is -0.393 e. The molecular weight excluding hydrogens is 514 g/mol. The van der Waals surface area contributed by atoms with Crippen LogP contribution in [0.4, 0.5) is 0 Å². The molecule has 3 saturated carbocycles. The Balaban J connectivity index is 1.24. The van der Waals surface area contributed by atoms with E-state index in [1.54, 1.807) is 22.5 Å². The van der Waals surface area contributed by atoms with Gasteiger partial charge in [0.15, 0.2) is 5.79 Å². The Hall–Kier alpha value is -1.79. The lowest BCUT2D eigenvalue weighted by molar-refractivity contribution is -0.312. The summed E-state index contributed by atoms with van der Waals surface area (Å²) in [6.45, 7) is 10.5. The normalized spacial score (nSPS) is 36.5. The zero-order valence-corrected chi connectivity index (χ0v) is 25.4. The first-order valence-corrected chi connectivity index (χ1v) is 16.4. The summed E-state index contributed by atoms with van der Waals surface area (Å²) in [6.07, 6.45) is 12.8. The maximum atomic E-state index is 11.3. The zero-order valence-electron chi connectivity index (χ0n) is 24.6. The number of hydrogen-bond acceptors (Lipinski definition) is 5. The molecule has 1 saturated heterocycles. The van der Waals surface area contributed by atoms with Gasteiger partial charge in [-0.3, -0.25) is 0 Å². The molecule has 40 heavy (non-hydrogen) atoms. The minimum atomic E-state index is -0.391. The van der Waals surface area contributed by atoms with Gasteiger partial charge in [-0.1, -0.05) is 62.3 Å². The van der Waals surface area contributed by atoms with Crippen LogP contribution in [0.3, 0.4) is 0 Å². The quantitative estimate of drug-likeness (QED) is 0.386. The highest BCUT2D eigenvalue weighted by molar-refractivity contribution is 7.09. The lowest BCUT2D eigenvalue weighted by atomic mass is 9.52. The van der Waals surface area contributed by atoms with Crippen LogP contribution < -0.4 is 0 Å². The summed E-state index contributed by atoms with van der Waals surface area (Å²) in [4.78, 5) is 4.61. The largest absolute Gasteiger partial charge is 0.393 e. The minimum absolute atomic E-state index is 0.00668. The van der Waals surface area contributed by atoms with Crippen LogP contribution in [0.25, 0.3) is 12.2 Å². The fourth-order valence-corrected chi connectivity index (χ4v) is 9.60. The zero-order chi connectivity index (χ0) is 27.7. The number of aryl methyl sites for hydroxylation is 1. The second-order valence-electron chi connectivity index (χ2n) is 14.5. The fourth-order valence-electron chi connectivity index (χ4n) is 9.02. The number of thiazole rings is 1. The van der Waals surface area contributed by atoms with Crippen molar-refractivity contribution >= 4 is 23.5 Å². The topological polar surface area (TPSA) is 51.6 Å². The van der Waals surface area contributed by atoms with E-state index in [0.29, 0.717) is 23.7 Å². The number of benzene rings is 1.